The van der Waals surface area contributed by atoms with E-state index in [1.54, 1.807) is 30.3 Å². The molecule has 0 aliphatic carbocycles. The third kappa shape index (κ3) is 3.32. The van der Waals surface area contributed by atoms with E-state index >= 15 is 0 Å². The van der Waals surface area contributed by atoms with Gasteiger partial charge in [-0.2, -0.15) is 0 Å². The number of nitrogens with zero attached hydrogens (tertiary/aromatic N) is 1. The van der Waals surface area contributed by atoms with E-state index in [9.17, 15) is 14.0 Å². The van der Waals surface area contributed by atoms with Gasteiger partial charge in [-0.3, -0.25) is 9.78 Å². The number of hydrogen-bond acceptors (Lipinski definition) is 5. The molecule has 0 radical (unpaired) electrons. The Labute approximate surface area is 152 Å². The van der Waals surface area contributed by atoms with Gasteiger partial charge in [0.25, 0.3) is 0 Å². The third-order valence-corrected chi connectivity index (χ3v) is 3.95. The summed E-state index contributed by atoms with van der Waals surface area (Å²) in [5, 5.41) is 0.448. The number of esters is 1. The molecule has 4 rings (SSSR count). The monoisotopic (exact) mass is 361 g/mol. The van der Waals surface area contributed by atoms with Gasteiger partial charge < -0.3 is 9.15 Å². The van der Waals surface area contributed by atoms with Gasteiger partial charge >= 0.3 is 5.97 Å². The highest BCUT2D eigenvalue weighted by atomic mass is 19.1. The van der Waals surface area contributed by atoms with Gasteiger partial charge in [0.2, 0.25) is 0 Å². The maximum atomic E-state index is 14.4. The Balaban J connectivity index is 1.66. The zero-order valence-corrected chi connectivity index (χ0v) is 13.9. The first-order valence-electron chi connectivity index (χ1n) is 8.07. The first kappa shape index (κ1) is 16.7. The van der Waals surface area contributed by atoms with Crippen molar-refractivity contribution in [3.8, 4) is 17.1 Å². The molecule has 0 N–H and O–H groups in total. The van der Waals surface area contributed by atoms with E-state index in [4.69, 9.17) is 9.15 Å². The van der Waals surface area contributed by atoms with Gasteiger partial charge in [-0.05, 0) is 42.5 Å². The molecule has 5 nitrogen and oxygen atoms in total. The number of pyridine rings is 1. The number of hydrogen-bond donors (Lipinski definition) is 0. The van der Waals surface area contributed by atoms with Crippen LogP contribution in [0, 0.1) is 5.82 Å². The molecule has 27 heavy (non-hydrogen) atoms. The van der Waals surface area contributed by atoms with Crippen LogP contribution in [0.1, 0.15) is 10.4 Å². The lowest BCUT2D eigenvalue weighted by molar-refractivity contribution is 0.0727. The number of halogens is 1. The first-order valence-corrected chi connectivity index (χ1v) is 8.07. The Morgan fingerprint density at radius 1 is 1.04 bits per heavy atom. The van der Waals surface area contributed by atoms with Crippen LogP contribution in [0.5, 0.6) is 5.75 Å². The second-order valence-electron chi connectivity index (χ2n) is 5.75. The van der Waals surface area contributed by atoms with Gasteiger partial charge in [-0.15, -0.1) is 0 Å². The number of rotatable bonds is 3. The van der Waals surface area contributed by atoms with Crippen molar-refractivity contribution in [3.05, 3.63) is 94.7 Å². The van der Waals surface area contributed by atoms with Gasteiger partial charge in [0.05, 0.1) is 10.9 Å². The van der Waals surface area contributed by atoms with Crippen LogP contribution >= 0.6 is 0 Å². The fourth-order valence-electron chi connectivity index (χ4n) is 2.63. The fraction of sp³-hybridized carbons (Fsp3) is 0. The first-order chi connectivity index (χ1) is 13.1. The summed E-state index contributed by atoms with van der Waals surface area (Å²) in [6.07, 6.45) is 2.85. The van der Waals surface area contributed by atoms with E-state index in [0.29, 0.717) is 16.5 Å². The average Bonchev–Trinajstić information content (AvgIpc) is 2.70. The van der Waals surface area contributed by atoms with Crippen LogP contribution in [0.2, 0.25) is 0 Å². The van der Waals surface area contributed by atoms with Gasteiger partial charge in [0, 0.05) is 24.0 Å². The van der Waals surface area contributed by atoms with Crippen LogP contribution in [0.3, 0.4) is 0 Å². The topological polar surface area (TPSA) is 69.4 Å². The third-order valence-electron chi connectivity index (χ3n) is 3.95. The summed E-state index contributed by atoms with van der Waals surface area (Å²) in [7, 11) is 0. The minimum absolute atomic E-state index is 0.210. The molecule has 4 aromatic rings. The largest absolute Gasteiger partial charge is 0.456 e. The van der Waals surface area contributed by atoms with Crippen molar-refractivity contribution in [2.45, 2.75) is 0 Å². The van der Waals surface area contributed by atoms with Crippen molar-refractivity contribution in [3.63, 3.8) is 0 Å². The van der Waals surface area contributed by atoms with Crippen LogP contribution in [0.15, 0.2) is 82.3 Å². The minimum Gasteiger partial charge on any atom is -0.456 e. The van der Waals surface area contributed by atoms with E-state index in [0.717, 1.165) is 6.07 Å². The van der Waals surface area contributed by atoms with E-state index in [-0.39, 0.29) is 22.5 Å². The van der Waals surface area contributed by atoms with Crippen molar-refractivity contribution in [1.82, 2.24) is 4.98 Å². The zero-order chi connectivity index (χ0) is 18.8. The summed E-state index contributed by atoms with van der Waals surface area (Å²) in [4.78, 5) is 28.0. The van der Waals surface area contributed by atoms with Crippen molar-refractivity contribution < 1.29 is 18.3 Å². The van der Waals surface area contributed by atoms with Crippen molar-refractivity contribution >= 4 is 16.9 Å². The molecule has 0 spiro atoms. The quantitative estimate of drug-likeness (QED) is 0.404. The Morgan fingerprint density at radius 2 is 1.89 bits per heavy atom. The summed E-state index contributed by atoms with van der Waals surface area (Å²) in [5.74, 6) is -1.47. The van der Waals surface area contributed by atoms with Crippen LogP contribution < -0.4 is 10.2 Å². The van der Waals surface area contributed by atoms with E-state index in [2.05, 4.69) is 4.98 Å². The number of carbonyl (C=O) groups excluding carboxylic acids is 1. The average molecular weight is 361 g/mol. The number of aromatic nitrogens is 1. The Morgan fingerprint density at radius 3 is 2.67 bits per heavy atom. The highest BCUT2D eigenvalue weighted by Crippen LogP contribution is 2.27. The second kappa shape index (κ2) is 6.84. The lowest BCUT2D eigenvalue weighted by Crippen LogP contribution is -2.09. The van der Waals surface area contributed by atoms with Crippen LogP contribution in [0.4, 0.5) is 4.39 Å². The molecule has 0 aliphatic rings. The number of para-hydroxylation sites is 1. The van der Waals surface area contributed by atoms with Crippen LogP contribution in [0.25, 0.3) is 22.3 Å². The predicted octanol–water partition coefficient (Wildman–Crippen LogP) is 4.21. The summed E-state index contributed by atoms with van der Waals surface area (Å²) in [6.45, 7) is 0. The molecule has 0 saturated carbocycles. The smallest absolute Gasteiger partial charge is 0.345 e. The van der Waals surface area contributed by atoms with E-state index < -0.39 is 11.8 Å². The number of fused-ring (bicyclic) bond motifs is 1. The maximum absolute atomic E-state index is 14.4. The Bertz CT molecular complexity index is 1200. The van der Waals surface area contributed by atoms with Gasteiger partial charge in [0.15, 0.2) is 17.0 Å². The number of benzene rings is 2. The number of ether oxygens (including phenoxy) is 1. The molecule has 132 valence electrons. The minimum atomic E-state index is -0.749. The molecular weight excluding hydrogens is 349 g/mol. The van der Waals surface area contributed by atoms with Crippen molar-refractivity contribution in [2.75, 3.05) is 0 Å². The molecule has 0 aliphatic heterocycles. The van der Waals surface area contributed by atoms with Crippen LogP contribution in [-0.2, 0) is 0 Å². The van der Waals surface area contributed by atoms with Crippen LogP contribution in [-0.4, -0.2) is 11.0 Å². The molecule has 6 heteroatoms. The summed E-state index contributed by atoms with van der Waals surface area (Å²) >= 11 is 0. The SMILES string of the molecule is O=C(Oc1ccc(-c2cc(=O)c3ccccc3o2)cc1F)c1cccnc1. The standard InChI is InChI=1S/C21H12FNO4/c22-16-10-13(20-11-17(24)15-5-1-2-6-18(15)26-20)7-8-19(16)27-21(25)14-4-3-9-23-12-14/h1-12H. The lowest BCUT2D eigenvalue weighted by atomic mass is 10.1. The predicted molar refractivity (Wildman–Crippen MR) is 97.1 cm³/mol. The molecule has 2 aromatic carbocycles. The molecule has 0 fully saturated rings. The highest BCUT2D eigenvalue weighted by molar-refractivity contribution is 5.90. The normalized spacial score (nSPS) is 10.7. The van der Waals surface area contributed by atoms with Gasteiger partial charge in [0.1, 0.15) is 11.3 Å². The molecule has 0 amide bonds. The molecule has 0 unspecified atom stereocenters. The molecule has 2 heterocycles. The van der Waals surface area contributed by atoms with E-state index in [1.165, 1.54) is 36.7 Å². The second-order valence-corrected chi connectivity index (χ2v) is 5.75. The van der Waals surface area contributed by atoms with Crippen molar-refractivity contribution in [2.24, 2.45) is 0 Å². The Kier molecular flexibility index (Phi) is 4.22. The molecular formula is C21H12FNO4. The summed E-state index contributed by atoms with van der Waals surface area (Å²) in [6, 6.07) is 15.2. The highest BCUT2D eigenvalue weighted by Gasteiger charge is 2.14. The van der Waals surface area contributed by atoms with Gasteiger partial charge in [-0.1, -0.05) is 12.1 Å². The molecule has 2 aromatic heterocycles. The number of carbonyl (C=O) groups is 1. The van der Waals surface area contributed by atoms with Gasteiger partial charge in [-0.25, -0.2) is 9.18 Å². The summed E-state index contributed by atoms with van der Waals surface area (Å²) in [5.41, 5.74) is 0.755. The maximum Gasteiger partial charge on any atom is 0.345 e. The molecule has 0 atom stereocenters. The zero-order valence-electron chi connectivity index (χ0n) is 13.9. The van der Waals surface area contributed by atoms with E-state index in [1.807, 2.05) is 0 Å². The summed E-state index contributed by atoms with van der Waals surface area (Å²) < 4.78 is 25.2. The molecule has 0 bridgehead atoms. The Hall–Kier alpha value is -3.80. The lowest BCUT2D eigenvalue weighted by Gasteiger charge is -2.07. The molecule has 0 saturated heterocycles. The van der Waals surface area contributed by atoms with Crippen molar-refractivity contribution in [1.29, 1.82) is 0 Å². The fourth-order valence-corrected chi connectivity index (χ4v) is 2.63.